The molecule has 1 aromatic rings. The Morgan fingerprint density at radius 3 is 2.15 bits per heavy atom. The highest BCUT2D eigenvalue weighted by Gasteiger charge is 2.55. The fourth-order valence-electron chi connectivity index (χ4n) is 1.96. The topological polar surface area (TPSA) is 104 Å². The van der Waals surface area contributed by atoms with Crippen LogP contribution in [0.3, 0.4) is 0 Å². The lowest BCUT2D eigenvalue weighted by Gasteiger charge is -2.31. The minimum Gasteiger partial charge on any atom is -0.375 e. The number of hydrogen-bond donors (Lipinski definition) is 4. The standard InChI is InChI=1S/C16H22F3N3O3.ClH/c1-10(2)13(20)14(24)21-8-12(23)22-9-15(25,16(17,18)19)11-6-4-3-5-7-11;/h3-7,10,13,25H,8-9,20H2,1-2H3,(H,21,24)(H,22,23);1H/t13-,15?;/m0./s1. The van der Waals surface area contributed by atoms with Crippen molar-refractivity contribution in [2.75, 3.05) is 13.1 Å². The molecule has 0 aliphatic carbocycles. The molecule has 0 spiro atoms. The molecular formula is C16H23ClF3N3O3. The zero-order chi connectivity index (χ0) is 19.3. The Hall–Kier alpha value is -1.84. The Morgan fingerprint density at radius 1 is 1.15 bits per heavy atom. The molecule has 10 heteroatoms. The van der Waals surface area contributed by atoms with E-state index in [4.69, 9.17) is 5.73 Å². The maximum Gasteiger partial charge on any atom is 0.423 e. The molecule has 1 rings (SSSR count). The normalized spacial score (nSPS) is 14.8. The van der Waals surface area contributed by atoms with Gasteiger partial charge in [0.1, 0.15) is 0 Å². The van der Waals surface area contributed by atoms with Gasteiger partial charge in [0, 0.05) is 0 Å². The smallest absolute Gasteiger partial charge is 0.375 e. The average molecular weight is 398 g/mol. The largest absolute Gasteiger partial charge is 0.423 e. The molecule has 2 amide bonds. The van der Waals surface area contributed by atoms with Crippen LogP contribution < -0.4 is 16.4 Å². The number of carbonyl (C=O) groups is 2. The van der Waals surface area contributed by atoms with Gasteiger partial charge in [0.15, 0.2) is 0 Å². The molecule has 0 aliphatic rings. The van der Waals surface area contributed by atoms with Gasteiger partial charge in [-0.05, 0) is 11.5 Å². The summed E-state index contributed by atoms with van der Waals surface area (Å²) in [5, 5.41) is 14.3. The summed E-state index contributed by atoms with van der Waals surface area (Å²) in [4.78, 5) is 23.3. The second kappa shape index (κ2) is 9.75. The van der Waals surface area contributed by atoms with Crippen LogP contribution in [0.25, 0.3) is 0 Å². The van der Waals surface area contributed by atoms with Crippen LogP contribution in [0, 0.1) is 5.92 Å². The van der Waals surface area contributed by atoms with E-state index in [2.05, 4.69) is 5.32 Å². The van der Waals surface area contributed by atoms with Gasteiger partial charge in [-0.1, -0.05) is 44.2 Å². The van der Waals surface area contributed by atoms with E-state index in [0.29, 0.717) is 0 Å². The Balaban J connectivity index is 0.00000625. The van der Waals surface area contributed by atoms with Crippen molar-refractivity contribution >= 4 is 24.2 Å². The number of benzene rings is 1. The molecule has 148 valence electrons. The second-order valence-corrected chi connectivity index (χ2v) is 5.99. The van der Waals surface area contributed by atoms with Gasteiger partial charge in [-0.3, -0.25) is 9.59 Å². The van der Waals surface area contributed by atoms with Crippen LogP contribution in [0.15, 0.2) is 30.3 Å². The number of nitrogens with two attached hydrogens (primary N) is 1. The van der Waals surface area contributed by atoms with Crippen molar-refractivity contribution < 1.29 is 27.9 Å². The SMILES string of the molecule is CC(C)[C@H](N)C(=O)NCC(=O)NCC(O)(c1ccccc1)C(F)(F)F.Cl. The fraction of sp³-hybridized carbons (Fsp3) is 0.500. The third kappa shape index (κ3) is 6.15. The number of carbonyl (C=O) groups excluding carboxylic acids is 2. The van der Waals surface area contributed by atoms with Gasteiger partial charge in [-0.15, -0.1) is 12.4 Å². The van der Waals surface area contributed by atoms with E-state index in [0.717, 1.165) is 12.1 Å². The second-order valence-electron chi connectivity index (χ2n) is 5.99. The predicted octanol–water partition coefficient (Wildman–Crippen LogP) is 1.07. The third-order valence-electron chi connectivity index (χ3n) is 3.71. The molecule has 0 radical (unpaired) electrons. The van der Waals surface area contributed by atoms with E-state index >= 15 is 0 Å². The molecule has 1 aromatic carbocycles. The molecule has 0 aromatic heterocycles. The molecule has 26 heavy (non-hydrogen) atoms. The Morgan fingerprint density at radius 2 is 1.69 bits per heavy atom. The first-order valence-corrected chi connectivity index (χ1v) is 7.63. The summed E-state index contributed by atoms with van der Waals surface area (Å²) in [7, 11) is 0. The van der Waals surface area contributed by atoms with Crippen molar-refractivity contribution in [3.8, 4) is 0 Å². The van der Waals surface area contributed by atoms with Crippen LogP contribution in [-0.2, 0) is 15.2 Å². The molecule has 2 atom stereocenters. The number of hydrogen-bond acceptors (Lipinski definition) is 4. The lowest BCUT2D eigenvalue weighted by atomic mass is 9.93. The minimum absolute atomic E-state index is 0. The van der Waals surface area contributed by atoms with Gasteiger partial charge < -0.3 is 21.5 Å². The summed E-state index contributed by atoms with van der Waals surface area (Å²) in [6, 6.07) is 5.60. The fourth-order valence-corrected chi connectivity index (χ4v) is 1.96. The lowest BCUT2D eigenvalue weighted by Crippen LogP contribution is -2.53. The zero-order valence-corrected chi connectivity index (χ0v) is 15.2. The van der Waals surface area contributed by atoms with E-state index in [-0.39, 0.29) is 18.3 Å². The Kier molecular flexibility index (Phi) is 9.06. The van der Waals surface area contributed by atoms with Crippen LogP contribution in [-0.4, -0.2) is 42.2 Å². The van der Waals surface area contributed by atoms with Crippen LogP contribution in [0.1, 0.15) is 19.4 Å². The summed E-state index contributed by atoms with van der Waals surface area (Å²) in [5.74, 6) is -1.61. The molecule has 0 bridgehead atoms. The van der Waals surface area contributed by atoms with E-state index in [1.807, 2.05) is 5.32 Å². The molecule has 0 fully saturated rings. The molecule has 0 aliphatic heterocycles. The van der Waals surface area contributed by atoms with Gasteiger partial charge in [0.25, 0.3) is 0 Å². The summed E-state index contributed by atoms with van der Waals surface area (Å²) < 4.78 is 39.8. The van der Waals surface area contributed by atoms with E-state index in [1.165, 1.54) is 18.2 Å². The zero-order valence-electron chi connectivity index (χ0n) is 14.3. The monoisotopic (exact) mass is 397 g/mol. The first-order chi connectivity index (χ1) is 11.5. The average Bonchev–Trinajstić information content (AvgIpc) is 2.56. The van der Waals surface area contributed by atoms with Gasteiger partial charge in [0.2, 0.25) is 17.4 Å². The van der Waals surface area contributed by atoms with Gasteiger partial charge in [-0.2, -0.15) is 13.2 Å². The molecule has 0 saturated carbocycles. The van der Waals surface area contributed by atoms with E-state index in [9.17, 15) is 27.9 Å². The lowest BCUT2D eigenvalue weighted by molar-refractivity contribution is -0.264. The number of rotatable bonds is 7. The predicted molar refractivity (Wildman–Crippen MR) is 92.5 cm³/mol. The molecular weight excluding hydrogens is 375 g/mol. The quantitative estimate of drug-likeness (QED) is 0.552. The molecule has 5 N–H and O–H groups in total. The first kappa shape index (κ1) is 24.2. The Bertz CT molecular complexity index is 599. The Labute approximate surface area is 155 Å². The summed E-state index contributed by atoms with van der Waals surface area (Å²) >= 11 is 0. The summed E-state index contributed by atoms with van der Waals surface area (Å²) in [5.41, 5.74) is 1.96. The van der Waals surface area contributed by atoms with Crippen molar-refractivity contribution in [1.29, 1.82) is 0 Å². The summed E-state index contributed by atoms with van der Waals surface area (Å²) in [6.07, 6.45) is -5.00. The first-order valence-electron chi connectivity index (χ1n) is 7.63. The van der Waals surface area contributed by atoms with Gasteiger partial charge in [0.05, 0.1) is 19.1 Å². The highest BCUT2D eigenvalue weighted by molar-refractivity contribution is 5.87. The van der Waals surface area contributed by atoms with Crippen LogP contribution in [0.2, 0.25) is 0 Å². The third-order valence-corrected chi connectivity index (χ3v) is 3.71. The summed E-state index contributed by atoms with van der Waals surface area (Å²) in [6.45, 7) is 1.81. The number of aliphatic hydroxyl groups is 1. The van der Waals surface area contributed by atoms with Gasteiger partial charge in [-0.25, -0.2) is 0 Å². The van der Waals surface area contributed by atoms with E-state index < -0.39 is 48.3 Å². The molecule has 6 nitrogen and oxygen atoms in total. The number of halogens is 4. The molecule has 0 heterocycles. The van der Waals surface area contributed by atoms with Crippen molar-refractivity contribution in [3.63, 3.8) is 0 Å². The number of amides is 2. The van der Waals surface area contributed by atoms with Crippen LogP contribution in [0.4, 0.5) is 13.2 Å². The van der Waals surface area contributed by atoms with Crippen molar-refractivity contribution in [3.05, 3.63) is 35.9 Å². The van der Waals surface area contributed by atoms with Crippen molar-refractivity contribution in [2.24, 2.45) is 11.7 Å². The highest BCUT2D eigenvalue weighted by atomic mass is 35.5. The van der Waals surface area contributed by atoms with Crippen molar-refractivity contribution in [2.45, 2.75) is 31.7 Å². The maximum atomic E-state index is 13.3. The highest BCUT2D eigenvalue weighted by Crippen LogP contribution is 2.38. The minimum atomic E-state index is -5.00. The molecule has 0 saturated heterocycles. The molecule has 1 unspecified atom stereocenters. The number of nitrogens with one attached hydrogen (secondary N) is 2. The van der Waals surface area contributed by atoms with Gasteiger partial charge >= 0.3 is 6.18 Å². The van der Waals surface area contributed by atoms with Crippen LogP contribution >= 0.6 is 12.4 Å². The van der Waals surface area contributed by atoms with E-state index in [1.54, 1.807) is 13.8 Å². The maximum absolute atomic E-state index is 13.3. The van der Waals surface area contributed by atoms with Crippen molar-refractivity contribution in [1.82, 2.24) is 10.6 Å². The van der Waals surface area contributed by atoms with Crippen LogP contribution in [0.5, 0.6) is 0 Å². The number of alkyl halides is 3.